The molecule has 100 valence electrons. The van der Waals surface area contributed by atoms with Crippen molar-refractivity contribution in [3.8, 4) is 0 Å². The second kappa shape index (κ2) is 6.51. The van der Waals surface area contributed by atoms with Gasteiger partial charge in [0.2, 0.25) is 0 Å². The zero-order chi connectivity index (χ0) is 13.1. The van der Waals surface area contributed by atoms with Crippen molar-refractivity contribution in [3.05, 3.63) is 34.6 Å². The van der Waals surface area contributed by atoms with Crippen LogP contribution in [0.2, 0.25) is 5.02 Å². The van der Waals surface area contributed by atoms with Crippen LogP contribution in [0.4, 0.5) is 4.39 Å². The molecule has 1 fully saturated rings. The normalized spacial score (nSPS) is 26.0. The Morgan fingerprint density at radius 1 is 1.44 bits per heavy atom. The Kier molecular flexibility index (Phi) is 5.24. The molecule has 18 heavy (non-hydrogen) atoms. The van der Waals surface area contributed by atoms with Gasteiger partial charge < -0.3 is 5.11 Å². The lowest BCUT2D eigenvalue weighted by atomic mass is 10.0. The molecule has 1 saturated heterocycles. The Hall–Kier alpha value is 0.1000. The summed E-state index contributed by atoms with van der Waals surface area (Å²) in [6, 6.07) is 4.64. The van der Waals surface area contributed by atoms with E-state index in [-0.39, 0.29) is 17.5 Å². The van der Waals surface area contributed by atoms with Crippen LogP contribution in [0.1, 0.15) is 12.5 Å². The molecule has 0 saturated carbocycles. The zero-order valence-electron chi connectivity index (χ0n) is 10.1. The fraction of sp³-hybridized carbons (Fsp3) is 0.538. The predicted molar refractivity (Wildman–Crippen MR) is 79.3 cm³/mol. The monoisotopic (exact) mass is 306 g/mol. The van der Waals surface area contributed by atoms with E-state index in [1.807, 2.05) is 11.8 Å². The summed E-state index contributed by atoms with van der Waals surface area (Å²) in [4.78, 5) is 0. The van der Waals surface area contributed by atoms with Gasteiger partial charge in [-0.2, -0.15) is 23.5 Å². The fourth-order valence-corrected chi connectivity index (χ4v) is 5.21. The molecule has 0 bridgehead atoms. The van der Waals surface area contributed by atoms with Crippen molar-refractivity contribution in [1.82, 2.24) is 0 Å². The van der Waals surface area contributed by atoms with Crippen LogP contribution in [-0.2, 0) is 6.42 Å². The van der Waals surface area contributed by atoms with Crippen molar-refractivity contribution in [3.63, 3.8) is 0 Å². The summed E-state index contributed by atoms with van der Waals surface area (Å²) in [5.74, 6) is 1.83. The second-order valence-corrected chi connectivity index (χ2v) is 7.56. The molecule has 1 aliphatic rings. The third-order valence-corrected chi connectivity index (χ3v) is 6.68. The van der Waals surface area contributed by atoms with E-state index in [0.717, 1.165) is 11.5 Å². The fourth-order valence-electron chi connectivity index (χ4n) is 2.13. The SMILES string of the molecule is CC1SCCSC1C(O)Cc1c(F)cccc1Cl. The molecule has 1 aromatic rings. The van der Waals surface area contributed by atoms with Gasteiger partial charge in [0, 0.05) is 39.0 Å². The summed E-state index contributed by atoms with van der Waals surface area (Å²) in [6.07, 6.45) is -0.263. The van der Waals surface area contributed by atoms with Crippen molar-refractivity contribution < 1.29 is 9.50 Å². The van der Waals surface area contributed by atoms with Gasteiger partial charge in [-0.3, -0.25) is 0 Å². The lowest BCUT2D eigenvalue weighted by molar-refractivity contribution is 0.170. The molecule has 2 rings (SSSR count). The number of rotatable bonds is 3. The Bertz CT molecular complexity index is 396. The molecule has 3 atom stereocenters. The highest BCUT2D eigenvalue weighted by molar-refractivity contribution is 8.07. The van der Waals surface area contributed by atoms with Gasteiger partial charge in [-0.1, -0.05) is 24.6 Å². The molecule has 0 amide bonds. The van der Waals surface area contributed by atoms with E-state index in [0.29, 0.717) is 15.8 Å². The summed E-state index contributed by atoms with van der Waals surface area (Å²) in [7, 11) is 0. The lowest BCUT2D eigenvalue weighted by Crippen LogP contribution is -2.36. The van der Waals surface area contributed by atoms with Crippen LogP contribution in [-0.4, -0.2) is 33.2 Å². The summed E-state index contributed by atoms with van der Waals surface area (Å²) < 4.78 is 13.7. The third kappa shape index (κ3) is 3.35. The van der Waals surface area contributed by atoms with Gasteiger partial charge in [0.1, 0.15) is 5.82 Å². The number of aliphatic hydroxyl groups excluding tert-OH is 1. The largest absolute Gasteiger partial charge is 0.392 e. The van der Waals surface area contributed by atoms with Gasteiger partial charge in [0.05, 0.1) is 6.10 Å². The molecule has 1 nitrogen and oxygen atoms in total. The zero-order valence-corrected chi connectivity index (χ0v) is 12.5. The average Bonchev–Trinajstić information content (AvgIpc) is 2.34. The number of halogens is 2. The summed E-state index contributed by atoms with van der Waals surface area (Å²) in [6.45, 7) is 2.12. The van der Waals surface area contributed by atoms with Crippen LogP contribution in [0, 0.1) is 5.82 Å². The van der Waals surface area contributed by atoms with Gasteiger partial charge in [-0.15, -0.1) is 0 Å². The Morgan fingerprint density at radius 3 is 2.83 bits per heavy atom. The molecule has 1 aromatic carbocycles. The number of hydrogen-bond donors (Lipinski definition) is 1. The highest BCUT2D eigenvalue weighted by Gasteiger charge is 2.30. The van der Waals surface area contributed by atoms with E-state index in [4.69, 9.17) is 11.6 Å². The van der Waals surface area contributed by atoms with Gasteiger partial charge in [0.15, 0.2) is 0 Å². The number of thioether (sulfide) groups is 2. The van der Waals surface area contributed by atoms with Gasteiger partial charge in [-0.05, 0) is 12.1 Å². The Morgan fingerprint density at radius 2 is 2.17 bits per heavy atom. The molecule has 1 N–H and O–H groups in total. The quantitative estimate of drug-likeness (QED) is 0.921. The summed E-state index contributed by atoms with van der Waals surface area (Å²) in [5.41, 5.74) is 0.426. The van der Waals surface area contributed by atoms with Crippen LogP contribution in [0.5, 0.6) is 0 Å². The number of benzene rings is 1. The molecule has 1 heterocycles. The standard InChI is InChI=1S/C13H16ClFOS2/c1-8-13(18-6-5-17-8)12(16)7-9-10(14)3-2-4-11(9)15/h2-4,8,12-13,16H,5-7H2,1H3. The van der Waals surface area contributed by atoms with E-state index in [2.05, 4.69) is 6.92 Å². The molecule has 0 aliphatic carbocycles. The van der Waals surface area contributed by atoms with Gasteiger partial charge >= 0.3 is 0 Å². The smallest absolute Gasteiger partial charge is 0.127 e. The van der Waals surface area contributed by atoms with Crippen LogP contribution in [0.3, 0.4) is 0 Å². The Labute approximate surface area is 120 Å². The first-order chi connectivity index (χ1) is 8.59. The molecule has 5 heteroatoms. The van der Waals surface area contributed by atoms with Crippen molar-refractivity contribution in [2.24, 2.45) is 0 Å². The minimum atomic E-state index is -0.549. The first-order valence-electron chi connectivity index (χ1n) is 5.93. The number of hydrogen-bond acceptors (Lipinski definition) is 3. The molecule has 0 aromatic heterocycles. The molecular weight excluding hydrogens is 291 g/mol. The first kappa shape index (κ1) is 14.5. The van der Waals surface area contributed by atoms with Crippen molar-refractivity contribution in [2.75, 3.05) is 11.5 Å². The van der Waals surface area contributed by atoms with Crippen LogP contribution in [0.25, 0.3) is 0 Å². The van der Waals surface area contributed by atoms with Crippen LogP contribution < -0.4 is 0 Å². The second-order valence-electron chi connectivity index (χ2n) is 4.38. The molecule has 3 unspecified atom stereocenters. The summed E-state index contributed by atoms with van der Waals surface area (Å²) in [5, 5.41) is 11.2. The molecule has 0 radical (unpaired) electrons. The van der Waals surface area contributed by atoms with Crippen molar-refractivity contribution >= 4 is 35.1 Å². The highest BCUT2D eigenvalue weighted by Crippen LogP contribution is 2.34. The van der Waals surface area contributed by atoms with Crippen molar-refractivity contribution in [1.29, 1.82) is 0 Å². The van der Waals surface area contributed by atoms with E-state index in [1.54, 1.807) is 23.9 Å². The molecule has 1 aliphatic heterocycles. The third-order valence-electron chi connectivity index (χ3n) is 3.09. The maximum atomic E-state index is 13.7. The van der Waals surface area contributed by atoms with E-state index < -0.39 is 6.10 Å². The highest BCUT2D eigenvalue weighted by atomic mass is 35.5. The van der Waals surface area contributed by atoms with Crippen LogP contribution >= 0.6 is 35.1 Å². The lowest BCUT2D eigenvalue weighted by Gasteiger charge is -2.31. The molecule has 0 spiro atoms. The minimum absolute atomic E-state index is 0.152. The maximum absolute atomic E-state index is 13.7. The van der Waals surface area contributed by atoms with E-state index >= 15 is 0 Å². The molecular formula is C13H16ClFOS2. The van der Waals surface area contributed by atoms with Crippen molar-refractivity contribution in [2.45, 2.75) is 29.9 Å². The summed E-state index contributed by atoms with van der Waals surface area (Å²) >= 11 is 9.63. The minimum Gasteiger partial charge on any atom is -0.392 e. The van der Waals surface area contributed by atoms with Gasteiger partial charge in [0.25, 0.3) is 0 Å². The van der Waals surface area contributed by atoms with E-state index in [1.165, 1.54) is 6.07 Å². The van der Waals surface area contributed by atoms with Crippen LogP contribution in [0.15, 0.2) is 18.2 Å². The van der Waals surface area contributed by atoms with E-state index in [9.17, 15) is 9.50 Å². The first-order valence-corrected chi connectivity index (χ1v) is 8.41. The van der Waals surface area contributed by atoms with Gasteiger partial charge in [-0.25, -0.2) is 4.39 Å². The predicted octanol–water partition coefficient (Wildman–Crippen LogP) is 3.62. The Balaban J connectivity index is 2.08. The average molecular weight is 307 g/mol. The topological polar surface area (TPSA) is 20.2 Å². The maximum Gasteiger partial charge on any atom is 0.127 e. The number of aliphatic hydroxyl groups is 1.